The van der Waals surface area contributed by atoms with Gasteiger partial charge < -0.3 is 0 Å². The van der Waals surface area contributed by atoms with Crippen LogP contribution in [-0.2, 0) is 26.5 Å². The number of rotatable bonds is 8. The van der Waals surface area contributed by atoms with E-state index in [-0.39, 0.29) is 15.8 Å². The average Bonchev–Trinajstić information content (AvgIpc) is 3.23. The van der Waals surface area contributed by atoms with E-state index >= 15 is 0 Å². The summed E-state index contributed by atoms with van der Waals surface area (Å²) in [6.45, 7) is 2.86. The van der Waals surface area contributed by atoms with Crippen molar-refractivity contribution >= 4 is 20.0 Å². The lowest BCUT2D eigenvalue weighted by Gasteiger charge is -2.17. The van der Waals surface area contributed by atoms with E-state index in [1.165, 1.54) is 28.6 Å². The Kier molecular flexibility index (Phi) is 6.54. The topological polar surface area (TPSA) is 83.5 Å². The third-order valence-corrected chi connectivity index (χ3v) is 8.42. The standard InChI is InChI=1S/C20H26N2O4S2/c1-17(9-10-18-7-3-2-4-8-18)21-27(23,24)19-11-13-20(14-12-19)28(25,26)22-15-5-6-16-22/h2-4,7-8,11-14,17,21H,5-6,9-10,15-16H2,1H3/t17-/m0/s1. The molecule has 0 amide bonds. The van der Waals surface area contributed by atoms with Crippen molar-refractivity contribution in [2.24, 2.45) is 0 Å². The maximum absolute atomic E-state index is 12.6. The number of benzene rings is 2. The highest BCUT2D eigenvalue weighted by Gasteiger charge is 2.27. The minimum atomic E-state index is -3.70. The van der Waals surface area contributed by atoms with Gasteiger partial charge in [0.1, 0.15) is 0 Å². The van der Waals surface area contributed by atoms with Crippen LogP contribution in [0.25, 0.3) is 0 Å². The molecule has 0 bridgehead atoms. The zero-order chi connectivity index (χ0) is 20.2. The van der Waals surface area contributed by atoms with Crippen LogP contribution in [0, 0.1) is 0 Å². The molecule has 28 heavy (non-hydrogen) atoms. The van der Waals surface area contributed by atoms with Gasteiger partial charge in [-0.15, -0.1) is 0 Å². The number of aryl methyl sites for hydroxylation is 1. The maximum atomic E-state index is 12.6. The summed E-state index contributed by atoms with van der Waals surface area (Å²) < 4.78 is 54.4. The van der Waals surface area contributed by atoms with Crippen molar-refractivity contribution in [3.63, 3.8) is 0 Å². The molecule has 1 N–H and O–H groups in total. The molecule has 0 unspecified atom stereocenters. The first-order valence-corrected chi connectivity index (χ1v) is 12.4. The first-order valence-electron chi connectivity index (χ1n) is 9.45. The van der Waals surface area contributed by atoms with Gasteiger partial charge in [-0.3, -0.25) is 0 Å². The first kappa shape index (κ1) is 21.0. The number of nitrogens with one attached hydrogen (secondary N) is 1. The van der Waals surface area contributed by atoms with Crippen LogP contribution < -0.4 is 4.72 Å². The number of nitrogens with zero attached hydrogens (tertiary/aromatic N) is 1. The van der Waals surface area contributed by atoms with Crippen LogP contribution in [0.1, 0.15) is 31.7 Å². The number of hydrogen-bond donors (Lipinski definition) is 1. The first-order chi connectivity index (χ1) is 13.3. The second-order valence-electron chi connectivity index (χ2n) is 7.13. The van der Waals surface area contributed by atoms with Crippen LogP contribution in [0.3, 0.4) is 0 Å². The van der Waals surface area contributed by atoms with E-state index < -0.39 is 20.0 Å². The van der Waals surface area contributed by atoms with E-state index in [0.717, 1.165) is 24.8 Å². The molecule has 1 saturated heterocycles. The highest BCUT2D eigenvalue weighted by Crippen LogP contribution is 2.22. The summed E-state index contributed by atoms with van der Waals surface area (Å²) in [7, 11) is -7.25. The molecule has 0 aromatic heterocycles. The Morgan fingerprint density at radius 2 is 1.46 bits per heavy atom. The van der Waals surface area contributed by atoms with Crippen LogP contribution in [0.15, 0.2) is 64.4 Å². The molecule has 1 aliphatic rings. The molecule has 0 radical (unpaired) electrons. The van der Waals surface area contributed by atoms with Crippen molar-refractivity contribution in [3.05, 3.63) is 60.2 Å². The normalized spacial score (nSPS) is 16.9. The second-order valence-corrected chi connectivity index (χ2v) is 10.8. The summed E-state index contributed by atoms with van der Waals surface area (Å²) >= 11 is 0. The zero-order valence-corrected chi connectivity index (χ0v) is 17.5. The molecular formula is C20H26N2O4S2. The molecule has 1 heterocycles. The molecule has 0 saturated carbocycles. The fraction of sp³-hybridized carbons (Fsp3) is 0.400. The van der Waals surface area contributed by atoms with E-state index in [1.54, 1.807) is 0 Å². The lowest BCUT2D eigenvalue weighted by molar-refractivity contribution is 0.477. The van der Waals surface area contributed by atoms with Crippen LogP contribution in [-0.4, -0.2) is 40.3 Å². The van der Waals surface area contributed by atoms with Crippen LogP contribution in [0.4, 0.5) is 0 Å². The third kappa shape index (κ3) is 5.00. The predicted octanol–water partition coefficient (Wildman–Crippen LogP) is 2.77. The molecule has 1 aliphatic heterocycles. The van der Waals surface area contributed by atoms with E-state index in [9.17, 15) is 16.8 Å². The summed E-state index contributed by atoms with van der Waals surface area (Å²) in [6, 6.07) is 15.1. The Balaban J connectivity index is 1.64. The van der Waals surface area contributed by atoms with Crippen molar-refractivity contribution in [1.29, 1.82) is 0 Å². The monoisotopic (exact) mass is 422 g/mol. The summed E-state index contributed by atoms with van der Waals surface area (Å²) in [4.78, 5) is 0.199. The van der Waals surface area contributed by atoms with Crippen molar-refractivity contribution in [2.45, 2.75) is 48.4 Å². The van der Waals surface area contributed by atoms with Gasteiger partial charge in [-0.25, -0.2) is 21.6 Å². The fourth-order valence-electron chi connectivity index (χ4n) is 3.29. The fourth-order valence-corrected chi connectivity index (χ4v) is 6.08. The Morgan fingerprint density at radius 1 is 0.893 bits per heavy atom. The van der Waals surface area contributed by atoms with E-state index in [0.29, 0.717) is 19.5 Å². The van der Waals surface area contributed by atoms with E-state index in [1.807, 2.05) is 37.3 Å². The molecule has 2 aromatic carbocycles. The van der Waals surface area contributed by atoms with Gasteiger partial charge in [-0.1, -0.05) is 30.3 Å². The molecular weight excluding hydrogens is 396 g/mol. The molecule has 1 fully saturated rings. The molecule has 152 valence electrons. The molecule has 6 nitrogen and oxygen atoms in total. The van der Waals surface area contributed by atoms with Crippen molar-refractivity contribution in [1.82, 2.24) is 9.03 Å². The highest BCUT2D eigenvalue weighted by atomic mass is 32.2. The SMILES string of the molecule is C[C@@H](CCc1ccccc1)NS(=O)(=O)c1ccc(S(=O)(=O)N2CCCC2)cc1. The predicted molar refractivity (Wildman–Crippen MR) is 109 cm³/mol. The molecule has 0 spiro atoms. The summed E-state index contributed by atoms with van der Waals surface area (Å²) in [6.07, 6.45) is 3.16. The van der Waals surface area contributed by atoms with Gasteiger partial charge in [0.05, 0.1) is 9.79 Å². The molecule has 3 rings (SSSR count). The summed E-state index contributed by atoms with van der Waals surface area (Å²) in [5.41, 5.74) is 1.16. The van der Waals surface area contributed by atoms with Crippen LogP contribution in [0.2, 0.25) is 0 Å². The van der Waals surface area contributed by atoms with Gasteiger partial charge >= 0.3 is 0 Å². The lowest BCUT2D eigenvalue weighted by atomic mass is 10.1. The maximum Gasteiger partial charge on any atom is 0.243 e. The van der Waals surface area contributed by atoms with E-state index in [2.05, 4.69) is 4.72 Å². The van der Waals surface area contributed by atoms with Gasteiger partial charge in [0.15, 0.2) is 0 Å². The Morgan fingerprint density at radius 3 is 2.07 bits per heavy atom. The minimum Gasteiger partial charge on any atom is -0.208 e. The summed E-state index contributed by atoms with van der Waals surface area (Å²) in [5.74, 6) is 0. The van der Waals surface area contributed by atoms with Gasteiger partial charge in [-0.2, -0.15) is 4.31 Å². The third-order valence-electron chi connectivity index (χ3n) is 4.90. The van der Waals surface area contributed by atoms with E-state index in [4.69, 9.17) is 0 Å². The molecule has 8 heteroatoms. The molecule has 0 aliphatic carbocycles. The number of sulfonamides is 2. The van der Waals surface area contributed by atoms with Crippen molar-refractivity contribution < 1.29 is 16.8 Å². The van der Waals surface area contributed by atoms with Crippen molar-refractivity contribution in [3.8, 4) is 0 Å². The zero-order valence-electron chi connectivity index (χ0n) is 15.9. The average molecular weight is 423 g/mol. The van der Waals surface area contributed by atoms with Gasteiger partial charge in [0, 0.05) is 19.1 Å². The van der Waals surface area contributed by atoms with Gasteiger partial charge in [0.2, 0.25) is 20.0 Å². The smallest absolute Gasteiger partial charge is 0.208 e. The Bertz CT molecular complexity index is 982. The van der Waals surface area contributed by atoms with Crippen LogP contribution in [0.5, 0.6) is 0 Å². The molecule has 1 atom stereocenters. The van der Waals surface area contributed by atoms with Gasteiger partial charge in [0.25, 0.3) is 0 Å². The summed E-state index contributed by atoms with van der Waals surface area (Å²) in [5, 5.41) is 0. The van der Waals surface area contributed by atoms with Crippen LogP contribution >= 0.6 is 0 Å². The Hall–Kier alpha value is -1.74. The van der Waals surface area contributed by atoms with Gasteiger partial charge in [-0.05, 0) is 62.4 Å². The largest absolute Gasteiger partial charge is 0.243 e. The molecule has 2 aromatic rings. The quantitative estimate of drug-likeness (QED) is 0.709. The highest BCUT2D eigenvalue weighted by molar-refractivity contribution is 7.89. The Labute approximate surface area is 167 Å². The number of hydrogen-bond acceptors (Lipinski definition) is 4. The second kappa shape index (κ2) is 8.73. The minimum absolute atomic E-state index is 0.0689. The lowest BCUT2D eigenvalue weighted by Crippen LogP contribution is -2.33. The van der Waals surface area contributed by atoms with Crippen molar-refractivity contribution in [2.75, 3.05) is 13.1 Å².